The van der Waals surface area contributed by atoms with Gasteiger partial charge >= 0.3 is 6.03 Å². The van der Waals surface area contributed by atoms with E-state index in [-0.39, 0.29) is 23.7 Å². The van der Waals surface area contributed by atoms with Crippen LogP contribution in [0.5, 0.6) is 5.75 Å². The van der Waals surface area contributed by atoms with Crippen LogP contribution in [-0.2, 0) is 0 Å². The highest BCUT2D eigenvalue weighted by atomic mass is 16.3. The molecule has 0 unspecified atom stereocenters. The molecular weight excluding hydrogens is 394 g/mol. The maximum atomic E-state index is 12.7. The summed E-state index contributed by atoms with van der Waals surface area (Å²) in [4.78, 5) is 29.1. The number of aromatic nitrogens is 3. The highest BCUT2D eigenvalue weighted by Crippen LogP contribution is 2.39. The van der Waals surface area contributed by atoms with Crippen molar-refractivity contribution < 1.29 is 14.7 Å². The number of aromatic hydroxyl groups is 1. The molecule has 0 atom stereocenters. The number of rotatable bonds is 5. The number of phenols is 1. The van der Waals surface area contributed by atoms with E-state index in [0.717, 1.165) is 37.8 Å². The van der Waals surface area contributed by atoms with E-state index in [4.69, 9.17) is 0 Å². The van der Waals surface area contributed by atoms with Gasteiger partial charge in [-0.25, -0.2) is 4.79 Å². The Bertz CT molecular complexity index is 1130. The molecule has 8 nitrogen and oxygen atoms in total. The molecule has 2 aliphatic carbocycles. The normalized spacial score (nSPS) is 15.9. The molecule has 2 aliphatic rings. The van der Waals surface area contributed by atoms with Gasteiger partial charge in [0, 0.05) is 35.6 Å². The van der Waals surface area contributed by atoms with Crippen LogP contribution in [0.25, 0.3) is 11.3 Å². The molecule has 5 rings (SSSR count). The summed E-state index contributed by atoms with van der Waals surface area (Å²) in [6, 6.07) is 10.0. The van der Waals surface area contributed by atoms with Gasteiger partial charge in [-0.05, 0) is 62.1 Å². The second-order valence-electron chi connectivity index (χ2n) is 8.15. The predicted molar refractivity (Wildman–Crippen MR) is 115 cm³/mol. The lowest BCUT2D eigenvalue weighted by molar-refractivity contribution is 0.102. The van der Waals surface area contributed by atoms with Crippen LogP contribution in [0.15, 0.2) is 48.8 Å². The zero-order valence-electron chi connectivity index (χ0n) is 16.9. The highest BCUT2D eigenvalue weighted by molar-refractivity contribution is 6.04. The van der Waals surface area contributed by atoms with Gasteiger partial charge in [0.2, 0.25) is 0 Å². The molecule has 0 spiro atoms. The summed E-state index contributed by atoms with van der Waals surface area (Å²) in [6.45, 7) is 0. The average Bonchev–Trinajstić information content (AvgIpc) is 3.45. The summed E-state index contributed by atoms with van der Waals surface area (Å²) in [7, 11) is 0. The standard InChI is InChI=1S/C23H23N5O3/c29-21-9-8-17(25-22(30)15-5-2-10-24-13-15)11-18(21)19-12-20(14-3-1-4-14)28(27-19)23(31)26-16-6-7-16/h2,5,8-14,16,29H,1,3-4,6-7H2,(H,25,30)(H,26,31). The number of nitrogens with zero attached hydrogens (tertiary/aromatic N) is 3. The van der Waals surface area contributed by atoms with Crippen molar-refractivity contribution in [3.63, 3.8) is 0 Å². The largest absolute Gasteiger partial charge is 0.507 e. The lowest BCUT2D eigenvalue weighted by Crippen LogP contribution is -2.33. The Balaban J connectivity index is 1.45. The van der Waals surface area contributed by atoms with Crippen LogP contribution in [0.2, 0.25) is 0 Å². The molecule has 1 aromatic carbocycles. The van der Waals surface area contributed by atoms with Crippen molar-refractivity contribution in [1.29, 1.82) is 0 Å². The van der Waals surface area contributed by atoms with Gasteiger partial charge in [0.1, 0.15) is 5.75 Å². The first-order valence-corrected chi connectivity index (χ1v) is 10.5. The van der Waals surface area contributed by atoms with E-state index in [1.165, 1.54) is 16.9 Å². The van der Waals surface area contributed by atoms with Gasteiger partial charge in [-0.2, -0.15) is 9.78 Å². The SMILES string of the molecule is O=C(Nc1ccc(O)c(-c2cc(C3CCC3)n(C(=O)NC3CC3)n2)c1)c1cccnc1. The van der Waals surface area contributed by atoms with Crippen LogP contribution >= 0.6 is 0 Å². The molecule has 3 aromatic rings. The molecule has 2 aromatic heterocycles. The first-order valence-electron chi connectivity index (χ1n) is 10.5. The molecule has 3 N–H and O–H groups in total. The van der Waals surface area contributed by atoms with Gasteiger partial charge in [-0.15, -0.1) is 0 Å². The fraction of sp³-hybridized carbons (Fsp3) is 0.304. The third kappa shape index (κ3) is 4.01. The fourth-order valence-electron chi connectivity index (χ4n) is 3.67. The molecular formula is C23H23N5O3. The summed E-state index contributed by atoms with van der Waals surface area (Å²) in [5, 5.41) is 20.8. The van der Waals surface area contributed by atoms with E-state index in [1.54, 1.807) is 30.5 Å². The molecule has 2 fully saturated rings. The minimum Gasteiger partial charge on any atom is -0.507 e. The number of pyridine rings is 1. The van der Waals surface area contributed by atoms with Crippen molar-refractivity contribution >= 4 is 17.6 Å². The van der Waals surface area contributed by atoms with Crippen molar-refractivity contribution in [3.05, 3.63) is 60.0 Å². The smallest absolute Gasteiger partial charge is 0.342 e. The van der Waals surface area contributed by atoms with Crippen LogP contribution in [0, 0.1) is 0 Å². The summed E-state index contributed by atoms with van der Waals surface area (Å²) >= 11 is 0. The van der Waals surface area contributed by atoms with Crippen molar-refractivity contribution in [2.45, 2.75) is 44.1 Å². The second kappa shape index (κ2) is 7.86. The minimum atomic E-state index is -0.297. The van der Waals surface area contributed by atoms with E-state index in [0.29, 0.717) is 28.4 Å². The predicted octanol–water partition coefficient (Wildman–Crippen LogP) is 3.89. The molecule has 2 saturated carbocycles. The van der Waals surface area contributed by atoms with E-state index in [9.17, 15) is 14.7 Å². The minimum absolute atomic E-state index is 0.0341. The lowest BCUT2D eigenvalue weighted by Gasteiger charge is -2.25. The Morgan fingerprint density at radius 2 is 1.94 bits per heavy atom. The molecule has 2 heterocycles. The van der Waals surface area contributed by atoms with Crippen LogP contribution < -0.4 is 10.6 Å². The summed E-state index contributed by atoms with van der Waals surface area (Å²) in [6.07, 6.45) is 8.27. The molecule has 0 saturated heterocycles. The van der Waals surface area contributed by atoms with Gasteiger partial charge in [0.25, 0.3) is 5.91 Å². The zero-order chi connectivity index (χ0) is 21.4. The monoisotopic (exact) mass is 417 g/mol. The van der Waals surface area contributed by atoms with Gasteiger partial charge in [-0.1, -0.05) is 6.42 Å². The second-order valence-corrected chi connectivity index (χ2v) is 8.15. The summed E-state index contributed by atoms with van der Waals surface area (Å²) in [5.41, 5.74) is 2.78. The maximum absolute atomic E-state index is 12.7. The Morgan fingerprint density at radius 3 is 2.61 bits per heavy atom. The van der Waals surface area contributed by atoms with Crippen LogP contribution in [0.1, 0.15) is 54.1 Å². The number of benzene rings is 1. The van der Waals surface area contributed by atoms with E-state index in [2.05, 4.69) is 20.7 Å². The van der Waals surface area contributed by atoms with Gasteiger partial charge in [0.15, 0.2) is 0 Å². The number of anilines is 1. The Kier molecular flexibility index (Phi) is 4.89. The van der Waals surface area contributed by atoms with Gasteiger partial charge < -0.3 is 15.7 Å². The summed E-state index contributed by atoms with van der Waals surface area (Å²) < 4.78 is 1.44. The third-order valence-corrected chi connectivity index (χ3v) is 5.81. The van der Waals surface area contributed by atoms with Gasteiger partial charge in [0.05, 0.1) is 17.0 Å². The number of hydrogen-bond acceptors (Lipinski definition) is 5. The van der Waals surface area contributed by atoms with Crippen molar-refractivity contribution in [1.82, 2.24) is 20.1 Å². The number of nitrogens with one attached hydrogen (secondary N) is 2. The molecule has 31 heavy (non-hydrogen) atoms. The topological polar surface area (TPSA) is 109 Å². The maximum Gasteiger partial charge on any atom is 0.342 e. The Morgan fingerprint density at radius 1 is 1.10 bits per heavy atom. The summed E-state index contributed by atoms with van der Waals surface area (Å²) in [5.74, 6) is 0.0304. The zero-order valence-corrected chi connectivity index (χ0v) is 16.9. The van der Waals surface area contributed by atoms with E-state index < -0.39 is 0 Å². The van der Waals surface area contributed by atoms with Gasteiger partial charge in [-0.3, -0.25) is 9.78 Å². The Labute approximate surface area is 179 Å². The van der Waals surface area contributed by atoms with Crippen LogP contribution in [0.3, 0.4) is 0 Å². The van der Waals surface area contributed by atoms with Crippen LogP contribution in [-0.4, -0.2) is 37.9 Å². The lowest BCUT2D eigenvalue weighted by atomic mass is 9.82. The van der Waals surface area contributed by atoms with E-state index in [1.807, 2.05) is 6.07 Å². The first kappa shape index (κ1) is 19.3. The quantitative estimate of drug-likeness (QED) is 0.546. The molecule has 2 amide bonds. The van der Waals surface area contributed by atoms with Crippen molar-refractivity contribution in [2.75, 3.05) is 5.32 Å². The highest BCUT2D eigenvalue weighted by Gasteiger charge is 2.30. The number of phenolic OH excluding ortho intramolecular Hbond substituents is 1. The molecule has 0 radical (unpaired) electrons. The molecule has 158 valence electrons. The van der Waals surface area contributed by atoms with E-state index >= 15 is 0 Å². The third-order valence-electron chi connectivity index (χ3n) is 5.81. The Hall–Kier alpha value is -3.68. The van der Waals surface area contributed by atoms with Crippen molar-refractivity contribution in [2.24, 2.45) is 0 Å². The number of hydrogen-bond donors (Lipinski definition) is 3. The first-order chi connectivity index (χ1) is 15.1. The van der Waals surface area contributed by atoms with Crippen LogP contribution in [0.4, 0.5) is 10.5 Å². The number of carbonyl (C=O) groups is 2. The average molecular weight is 417 g/mol. The number of carbonyl (C=O) groups excluding carboxylic acids is 2. The van der Waals surface area contributed by atoms with Crippen molar-refractivity contribution in [3.8, 4) is 17.0 Å². The number of amides is 2. The molecule has 0 bridgehead atoms. The molecule has 0 aliphatic heterocycles. The fourth-order valence-corrected chi connectivity index (χ4v) is 3.67. The molecule has 8 heteroatoms.